The number of halogens is 1. The Hall–Kier alpha value is -1.88. The number of hydrogen-bond donors (Lipinski definition) is 0. The van der Waals surface area contributed by atoms with Crippen molar-refractivity contribution in [1.29, 1.82) is 0 Å². The molecule has 3 nitrogen and oxygen atoms in total. The molecule has 0 heterocycles. The van der Waals surface area contributed by atoms with Crippen LogP contribution in [0.25, 0.3) is 0 Å². The lowest BCUT2D eigenvalue weighted by Crippen LogP contribution is -2.13. The highest BCUT2D eigenvalue weighted by molar-refractivity contribution is 7.87. The number of aryl methyl sites for hydroxylation is 3. The van der Waals surface area contributed by atoms with Gasteiger partial charge in [0.2, 0.25) is 0 Å². The summed E-state index contributed by atoms with van der Waals surface area (Å²) in [6, 6.07) is 8.44. The lowest BCUT2D eigenvalue weighted by Gasteiger charge is -2.12. The molecule has 0 unspecified atom stereocenters. The molecule has 20 heavy (non-hydrogen) atoms. The first-order chi connectivity index (χ1) is 9.29. The molecule has 2 aromatic carbocycles. The van der Waals surface area contributed by atoms with Crippen LogP contribution in [0.1, 0.15) is 16.7 Å². The van der Waals surface area contributed by atoms with E-state index < -0.39 is 15.9 Å². The van der Waals surface area contributed by atoms with Crippen molar-refractivity contribution in [1.82, 2.24) is 0 Å². The van der Waals surface area contributed by atoms with Crippen molar-refractivity contribution in [3.63, 3.8) is 0 Å². The maximum Gasteiger partial charge on any atom is 0.339 e. The highest BCUT2D eigenvalue weighted by atomic mass is 32.2. The van der Waals surface area contributed by atoms with Crippen LogP contribution in [0.15, 0.2) is 41.3 Å². The van der Waals surface area contributed by atoms with Gasteiger partial charge in [0.25, 0.3) is 0 Å². The van der Waals surface area contributed by atoms with Crippen molar-refractivity contribution in [3.05, 3.63) is 58.9 Å². The Labute approximate surface area is 118 Å². The summed E-state index contributed by atoms with van der Waals surface area (Å²) in [5, 5.41) is 0. The first-order valence-corrected chi connectivity index (χ1v) is 7.48. The summed E-state index contributed by atoms with van der Waals surface area (Å²) in [5.41, 5.74) is 2.25. The van der Waals surface area contributed by atoms with Gasteiger partial charge in [0.05, 0.1) is 0 Å². The Bertz CT molecular complexity index is 711. The zero-order valence-electron chi connectivity index (χ0n) is 11.5. The van der Waals surface area contributed by atoms with Gasteiger partial charge in [0.1, 0.15) is 16.5 Å². The maximum absolute atomic E-state index is 12.8. The first-order valence-electron chi connectivity index (χ1n) is 6.07. The van der Waals surface area contributed by atoms with E-state index >= 15 is 0 Å². The van der Waals surface area contributed by atoms with Gasteiger partial charge in [-0.2, -0.15) is 8.42 Å². The molecule has 2 rings (SSSR count). The van der Waals surface area contributed by atoms with Crippen LogP contribution in [-0.2, 0) is 10.1 Å². The summed E-state index contributed by atoms with van der Waals surface area (Å²) >= 11 is 0. The Morgan fingerprint density at radius 3 is 1.95 bits per heavy atom. The molecule has 0 aromatic heterocycles. The van der Waals surface area contributed by atoms with Gasteiger partial charge < -0.3 is 4.18 Å². The second-order valence-corrected chi connectivity index (χ2v) is 6.20. The maximum atomic E-state index is 12.8. The van der Waals surface area contributed by atoms with Crippen LogP contribution in [0.5, 0.6) is 5.75 Å². The molecule has 0 atom stereocenters. The van der Waals surface area contributed by atoms with Crippen LogP contribution < -0.4 is 4.18 Å². The minimum Gasteiger partial charge on any atom is -0.379 e. The summed E-state index contributed by atoms with van der Waals surface area (Å²) in [5.74, 6) is -0.358. The smallest absolute Gasteiger partial charge is 0.339 e. The fraction of sp³-hybridized carbons (Fsp3) is 0.200. The molecular formula is C15H15FO3S. The summed E-state index contributed by atoms with van der Waals surface area (Å²) in [6.45, 7) is 5.35. The molecule has 0 aliphatic carbocycles. The molecule has 0 aliphatic heterocycles. The second kappa shape index (κ2) is 5.25. The summed E-state index contributed by atoms with van der Waals surface area (Å²) in [7, 11) is -3.93. The molecular weight excluding hydrogens is 279 g/mol. The molecule has 0 amide bonds. The lowest BCUT2D eigenvalue weighted by atomic mass is 10.1. The fourth-order valence-corrected chi connectivity index (χ4v) is 3.57. The van der Waals surface area contributed by atoms with Crippen LogP contribution >= 0.6 is 0 Å². The average molecular weight is 294 g/mol. The third kappa shape index (κ3) is 2.99. The largest absolute Gasteiger partial charge is 0.379 e. The van der Waals surface area contributed by atoms with Crippen LogP contribution in [0.2, 0.25) is 0 Å². The molecule has 0 saturated heterocycles. The zero-order chi connectivity index (χ0) is 14.9. The van der Waals surface area contributed by atoms with Crippen molar-refractivity contribution < 1.29 is 17.0 Å². The first kappa shape index (κ1) is 14.5. The van der Waals surface area contributed by atoms with Crippen LogP contribution in [0, 0.1) is 26.6 Å². The topological polar surface area (TPSA) is 43.4 Å². The quantitative estimate of drug-likeness (QED) is 0.813. The molecule has 106 valence electrons. The minimum atomic E-state index is -3.93. The standard InChI is InChI=1S/C15H15FO3S/c1-10-8-11(2)15(12(3)9-10)20(17,18)19-14-6-4-13(16)5-7-14/h4-9H,1-3H3. The third-order valence-electron chi connectivity index (χ3n) is 2.87. The number of hydrogen-bond acceptors (Lipinski definition) is 3. The molecule has 0 radical (unpaired) electrons. The number of rotatable bonds is 3. The van der Waals surface area contributed by atoms with E-state index in [2.05, 4.69) is 0 Å². The molecule has 2 aromatic rings. The monoisotopic (exact) mass is 294 g/mol. The van der Waals surface area contributed by atoms with Gasteiger partial charge in [-0.05, 0) is 56.2 Å². The van der Waals surface area contributed by atoms with E-state index in [0.717, 1.165) is 17.7 Å². The third-order valence-corrected chi connectivity index (χ3v) is 4.43. The Kier molecular flexibility index (Phi) is 3.81. The highest BCUT2D eigenvalue weighted by Gasteiger charge is 2.22. The molecule has 0 spiro atoms. The summed E-state index contributed by atoms with van der Waals surface area (Å²) in [4.78, 5) is 0.160. The predicted molar refractivity (Wildman–Crippen MR) is 74.9 cm³/mol. The molecule has 5 heteroatoms. The van der Waals surface area contributed by atoms with E-state index in [1.165, 1.54) is 12.1 Å². The van der Waals surface area contributed by atoms with E-state index in [-0.39, 0.29) is 10.6 Å². The highest BCUT2D eigenvalue weighted by Crippen LogP contribution is 2.25. The van der Waals surface area contributed by atoms with Crippen molar-refractivity contribution in [2.75, 3.05) is 0 Å². The van der Waals surface area contributed by atoms with Crippen LogP contribution in [-0.4, -0.2) is 8.42 Å². The summed E-state index contributed by atoms with van der Waals surface area (Å²) < 4.78 is 42.5. The Balaban J connectivity index is 2.43. The lowest BCUT2D eigenvalue weighted by molar-refractivity contribution is 0.483. The van der Waals surface area contributed by atoms with Gasteiger partial charge in [-0.3, -0.25) is 0 Å². The molecule has 0 N–H and O–H groups in total. The zero-order valence-corrected chi connectivity index (χ0v) is 12.3. The van der Waals surface area contributed by atoms with E-state index in [1.807, 2.05) is 6.92 Å². The van der Waals surface area contributed by atoms with Crippen LogP contribution in [0.3, 0.4) is 0 Å². The minimum absolute atomic E-state index is 0.0887. The number of benzene rings is 2. The normalized spacial score (nSPS) is 11.4. The Morgan fingerprint density at radius 1 is 0.950 bits per heavy atom. The SMILES string of the molecule is Cc1cc(C)c(S(=O)(=O)Oc2ccc(F)cc2)c(C)c1. The summed E-state index contributed by atoms with van der Waals surface area (Å²) in [6.07, 6.45) is 0. The van der Waals surface area contributed by atoms with E-state index in [9.17, 15) is 12.8 Å². The average Bonchev–Trinajstić information content (AvgIpc) is 2.30. The fourth-order valence-electron chi connectivity index (χ4n) is 2.22. The Morgan fingerprint density at radius 2 is 1.45 bits per heavy atom. The van der Waals surface area contributed by atoms with Crippen molar-refractivity contribution in [3.8, 4) is 5.75 Å². The van der Waals surface area contributed by atoms with Crippen molar-refractivity contribution >= 4 is 10.1 Å². The van der Waals surface area contributed by atoms with Gasteiger partial charge in [0.15, 0.2) is 0 Å². The van der Waals surface area contributed by atoms with Gasteiger partial charge in [-0.1, -0.05) is 17.7 Å². The van der Waals surface area contributed by atoms with Crippen LogP contribution in [0.4, 0.5) is 4.39 Å². The van der Waals surface area contributed by atoms with Crippen molar-refractivity contribution in [2.24, 2.45) is 0 Å². The van der Waals surface area contributed by atoms with E-state index in [0.29, 0.717) is 11.1 Å². The van der Waals surface area contributed by atoms with E-state index in [4.69, 9.17) is 4.18 Å². The molecule has 0 fully saturated rings. The molecule has 0 saturated carbocycles. The molecule has 0 aliphatic rings. The van der Waals surface area contributed by atoms with Gasteiger partial charge >= 0.3 is 10.1 Å². The predicted octanol–water partition coefficient (Wildman–Crippen LogP) is 3.52. The molecule has 0 bridgehead atoms. The van der Waals surface area contributed by atoms with E-state index in [1.54, 1.807) is 26.0 Å². The van der Waals surface area contributed by atoms with Gasteiger partial charge in [0, 0.05) is 0 Å². The second-order valence-electron chi connectivity index (χ2n) is 4.72. The van der Waals surface area contributed by atoms with Crippen molar-refractivity contribution in [2.45, 2.75) is 25.7 Å². The van der Waals surface area contributed by atoms with Gasteiger partial charge in [-0.15, -0.1) is 0 Å². The van der Waals surface area contributed by atoms with Gasteiger partial charge in [-0.25, -0.2) is 4.39 Å².